The van der Waals surface area contributed by atoms with Gasteiger partial charge in [0.2, 0.25) is 0 Å². The van der Waals surface area contributed by atoms with Crippen molar-refractivity contribution in [2.45, 2.75) is 82.2 Å². The van der Waals surface area contributed by atoms with E-state index < -0.39 is 60.0 Å². The van der Waals surface area contributed by atoms with Crippen LogP contribution < -0.4 is 0 Å². The first-order valence-electron chi connectivity index (χ1n) is 8.01. The molecule has 12 heteroatoms. The van der Waals surface area contributed by atoms with Crippen molar-refractivity contribution < 1.29 is 54.5 Å². The topological polar surface area (TPSA) is 55.8 Å². The van der Waals surface area contributed by atoms with Gasteiger partial charge in [0.05, 0.1) is 5.92 Å². The number of halogens is 8. The van der Waals surface area contributed by atoms with Crippen molar-refractivity contribution in [2.75, 3.05) is 0 Å². The minimum atomic E-state index is -6.31. The van der Waals surface area contributed by atoms with Crippen molar-refractivity contribution in [3.8, 4) is 0 Å². The Morgan fingerprint density at radius 1 is 1.15 bits per heavy atom. The third-order valence-corrected chi connectivity index (χ3v) is 4.86. The number of carbonyl (C=O) groups excluding carboxylic acids is 1. The molecular formula is C15H20F8O4. The van der Waals surface area contributed by atoms with E-state index in [1.807, 2.05) is 0 Å². The first-order valence-corrected chi connectivity index (χ1v) is 8.01. The Bertz CT molecular complexity index is 575. The normalized spacial score (nSPS) is 35.6. The van der Waals surface area contributed by atoms with Crippen molar-refractivity contribution in [3.05, 3.63) is 0 Å². The quantitative estimate of drug-likeness (QED) is 0.547. The predicted octanol–water partition coefficient (Wildman–Crippen LogP) is 4.35. The number of alkyl halides is 8. The van der Waals surface area contributed by atoms with Gasteiger partial charge in [-0.05, 0) is 19.8 Å². The van der Waals surface area contributed by atoms with E-state index in [9.17, 15) is 45.0 Å². The van der Waals surface area contributed by atoms with E-state index in [0.29, 0.717) is 0 Å². The van der Waals surface area contributed by atoms with Gasteiger partial charge in [0.25, 0.3) is 0 Å². The van der Waals surface area contributed by atoms with E-state index in [-0.39, 0.29) is 13.3 Å². The SMILES string of the molecule is CCC(C)C(=O)OC1(CC)CC(C)(C(F)(F)F)OC(O)(C(F)(F)F)C1(F)F. The summed E-state index contributed by atoms with van der Waals surface area (Å²) in [5.41, 5.74) is -7.45. The summed E-state index contributed by atoms with van der Waals surface area (Å²) in [6.45, 7) is 3.57. The average molecular weight is 416 g/mol. The number of rotatable bonds is 4. The largest absolute Gasteiger partial charge is 0.452 e. The van der Waals surface area contributed by atoms with Crippen molar-refractivity contribution in [1.29, 1.82) is 0 Å². The number of carbonyl (C=O) groups is 1. The molecule has 0 saturated carbocycles. The highest BCUT2D eigenvalue weighted by Crippen LogP contribution is 2.61. The van der Waals surface area contributed by atoms with Crippen LogP contribution in [0, 0.1) is 5.92 Å². The molecule has 1 fully saturated rings. The van der Waals surface area contributed by atoms with E-state index >= 15 is 0 Å². The van der Waals surface area contributed by atoms with Crippen LogP contribution in [0.1, 0.15) is 47.0 Å². The van der Waals surface area contributed by atoms with Crippen LogP contribution in [0.4, 0.5) is 35.1 Å². The molecule has 4 nitrogen and oxygen atoms in total. The summed E-state index contributed by atoms with van der Waals surface area (Å²) in [4.78, 5) is 12.0. The van der Waals surface area contributed by atoms with Crippen LogP contribution in [0.3, 0.4) is 0 Å². The zero-order chi connectivity index (χ0) is 21.7. The van der Waals surface area contributed by atoms with Gasteiger partial charge >= 0.3 is 30.0 Å². The lowest BCUT2D eigenvalue weighted by Gasteiger charge is -2.56. The Hall–Kier alpha value is -1.17. The van der Waals surface area contributed by atoms with Gasteiger partial charge in [-0.2, -0.15) is 35.1 Å². The van der Waals surface area contributed by atoms with Gasteiger partial charge in [0, 0.05) is 6.42 Å². The first kappa shape index (κ1) is 23.9. The van der Waals surface area contributed by atoms with E-state index in [2.05, 4.69) is 9.47 Å². The van der Waals surface area contributed by atoms with E-state index in [4.69, 9.17) is 0 Å². The van der Waals surface area contributed by atoms with Gasteiger partial charge in [-0.25, -0.2) is 0 Å². The van der Waals surface area contributed by atoms with Gasteiger partial charge in [-0.1, -0.05) is 20.8 Å². The van der Waals surface area contributed by atoms with Gasteiger partial charge in [0.1, 0.15) is 0 Å². The fourth-order valence-corrected chi connectivity index (χ4v) is 2.76. The van der Waals surface area contributed by atoms with Crippen LogP contribution in [-0.4, -0.2) is 46.3 Å². The number of esters is 1. The fourth-order valence-electron chi connectivity index (χ4n) is 2.76. The molecule has 1 aliphatic rings. The minimum absolute atomic E-state index is 0.0424. The second kappa shape index (κ2) is 6.71. The molecule has 0 radical (unpaired) electrons. The fraction of sp³-hybridized carbons (Fsp3) is 0.933. The Balaban J connectivity index is 3.69. The smallest absolute Gasteiger partial charge is 0.449 e. The van der Waals surface area contributed by atoms with Crippen molar-refractivity contribution in [3.63, 3.8) is 0 Å². The lowest BCUT2D eigenvalue weighted by Crippen LogP contribution is -2.79. The van der Waals surface area contributed by atoms with Crippen molar-refractivity contribution in [2.24, 2.45) is 5.92 Å². The number of hydrogen-bond donors (Lipinski definition) is 1. The molecule has 0 spiro atoms. The highest BCUT2D eigenvalue weighted by Gasteiger charge is 2.85. The Morgan fingerprint density at radius 3 is 1.96 bits per heavy atom. The summed E-state index contributed by atoms with van der Waals surface area (Å²) in [6.07, 6.45) is -14.8. The van der Waals surface area contributed by atoms with Crippen LogP contribution in [0.2, 0.25) is 0 Å². The molecule has 0 amide bonds. The molecular weight excluding hydrogens is 396 g/mol. The maximum atomic E-state index is 14.8. The Morgan fingerprint density at radius 2 is 1.63 bits per heavy atom. The molecule has 0 aromatic carbocycles. The lowest BCUT2D eigenvalue weighted by atomic mass is 9.73. The highest BCUT2D eigenvalue weighted by atomic mass is 19.4. The molecule has 0 aliphatic carbocycles. The molecule has 1 rings (SSSR count). The van der Waals surface area contributed by atoms with E-state index in [1.165, 1.54) is 13.8 Å². The second-order valence-corrected chi connectivity index (χ2v) is 6.80. The first-order chi connectivity index (χ1) is 11.8. The van der Waals surface area contributed by atoms with Gasteiger partial charge in [-0.3, -0.25) is 4.79 Å². The summed E-state index contributed by atoms with van der Waals surface area (Å²) in [5.74, 6) is -13.4. The van der Waals surface area contributed by atoms with Crippen molar-refractivity contribution in [1.82, 2.24) is 0 Å². The van der Waals surface area contributed by atoms with Crippen molar-refractivity contribution >= 4 is 5.97 Å². The van der Waals surface area contributed by atoms with Crippen LogP contribution >= 0.6 is 0 Å². The standard InChI is InChI=1S/C15H20F8O4/c1-5-8(3)9(24)26-11(6-2)7-10(4,14(18,19)20)27-13(25,12(11,16)17)15(21,22)23/h8,25H,5-7H2,1-4H3. The molecule has 1 heterocycles. The van der Waals surface area contributed by atoms with Crippen LogP contribution in [0.5, 0.6) is 0 Å². The van der Waals surface area contributed by atoms with Crippen LogP contribution in [0.25, 0.3) is 0 Å². The third kappa shape index (κ3) is 3.50. The number of hydrogen-bond acceptors (Lipinski definition) is 4. The minimum Gasteiger partial charge on any atom is -0.452 e. The van der Waals surface area contributed by atoms with Crippen LogP contribution in [-0.2, 0) is 14.3 Å². The summed E-state index contributed by atoms with van der Waals surface area (Å²) >= 11 is 0. The highest BCUT2D eigenvalue weighted by molar-refractivity contribution is 5.72. The van der Waals surface area contributed by atoms with E-state index in [0.717, 1.165) is 6.92 Å². The molecule has 1 saturated heterocycles. The zero-order valence-electron chi connectivity index (χ0n) is 14.9. The molecule has 0 bridgehead atoms. The number of ether oxygens (including phenoxy) is 2. The Kier molecular flexibility index (Phi) is 5.93. The number of aliphatic hydroxyl groups is 1. The molecule has 27 heavy (non-hydrogen) atoms. The summed E-state index contributed by atoms with van der Waals surface area (Å²) < 4.78 is 118. The molecule has 160 valence electrons. The average Bonchev–Trinajstić information content (AvgIpc) is 2.49. The third-order valence-electron chi connectivity index (χ3n) is 4.86. The predicted molar refractivity (Wildman–Crippen MR) is 74.7 cm³/mol. The lowest BCUT2D eigenvalue weighted by molar-refractivity contribution is -0.516. The zero-order valence-corrected chi connectivity index (χ0v) is 14.9. The van der Waals surface area contributed by atoms with Gasteiger partial charge < -0.3 is 14.6 Å². The maximum Gasteiger partial charge on any atom is 0.449 e. The summed E-state index contributed by atoms with van der Waals surface area (Å²) in [5, 5.41) is 9.62. The Labute approximate surface area is 149 Å². The van der Waals surface area contributed by atoms with Gasteiger partial charge in [-0.15, -0.1) is 0 Å². The summed E-state index contributed by atoms with van der Waals surface area (Å²) in [7, 11) is 0. The summed E-state index contributed by atoms with van der Waals surface area (Å²) in [6, 6.07) is 0. The molecule has 4 unspecified atom stereocenters. The molecule has 1 aliphatic heterocycles. The van der Waals surface area contributed by atoms with E-state index in [1.54, 1.807) is 0 Å². The monoisotopic (exact) mass is 416 g/mol. The molecule has 4 atom stereocenters. The van der Waals surface area contributed by atoms with Crippen LogP contribution in [0.15, 0.2) is 0 Å². The molecule has 0 aromatic rings. The maximum absolute atomic E-state index is 14.8. The molecule has 1 N–H and O–H groups in total. The van der Waals surface area contributed by atoms with Gasteiger partial charge in [0.15, 0.2) is 11.2 Å². The molecule has 0 aromatic heterocycles. The second-order valence-electron chi connectivity index (χ2n) is 6.80.